The van der Waals surface area contributed by atoms with Crippen molar-refractivity contribution >= 4 is 11.3 Å². The van der Waals surface area contributed by atoms with E-state index in [1.165, 1.54) is 5.01 Å². The van der Waals surface area contributed by atoms with E-state index < -0.39 is 0 Å². The van der Waals surface area contributed by atoms with Crippen LogP contribution in [0.4, 0.5) is 0 Å². The fraction of sp³-hybridized carbons (Fsp3) is 0.750. The SMILES string of the molecule is CCN(CCCO)Cc1csc(C(C)C)n1. The summed E-state index contributed by atoms with van der Waals surface area (Å²) in [5.41, 5.74) is 1.16. The minimum absolute atomic E-state index is 0.269. The van der Waals surface area contributed by atoms with Crippen molar-refractivity contribution in [3.63, 3.8) is 0 Å². The van der Waals surface area contributed by atoms with Crippen LogP contribution in [0.2, 0.25) is 0 Å². The lowest BCUT2D eigenvalue weighted by atomic mass is 10.2. The van der Waals surface area contributed by atoms with Crippen LogP contribution >= 0.6 is 11.3 Å². The quantitative estimate of drug-likeness (QED) is 0.798. The Kier molecular flexibility index (Phi) is 5.95. The summed E-state index contributed by atoms with van der Waals surface area (Å²) in [6, 6.07) is 0. The molecule has 0 aliphatic rings. The fourth-order valence-electron chi connectivity index (χ4n) is 1.53. The molecule has 0 unspecified atom stereocenters. The monoisotopic (exact) mass is 242 g/mol. The lowest BCUT2D eigenvalue weighted by Gasteiger charge is -2.18. The average Bonchev–Trinajstić information content (AvgIpc) is 2.72. The van der Waals surface area contributed by atoms with Gasteiger partial charge in [0, 0.05) is 31.0 Å². The molecule has 92 valence electrons. The van der Waals surface area contributed by atoms with Gasteiger partial charge in [0.2, 0.25) is 0 Å². The molecule has 0 aromatic carbocycles. The van der Waals surface area contributed by atoms with Crippen LogP contribution in [0.25, 0.3) is 0 Å². The molecular weight excluding hydrogens is 220 g/mol. The highest BCUT2D eigenvalue weighted by Gasteiger charge is 2.08. The topological polar surface area (TPSA) is 36.4 Å². The van der Waals surface area contributed by atoms with Gasteiger partial charge in [0.1, 0.15) is 0 Å². The summed E-state index contributed by atoms with van der Waals surface area (Å²) in [6.45, 7) is 9.62. The van der Waals surface area contributed by atoms with Crippen LogP contribution in [0.15, 0.2) is 5.38 Å². The summed E-state index contributed by atoms with van der Waals surface area (Å²) in [6.07, 6.45) is 0.842. The molecule has 0 atom stereocenters. The highest BCUT2D eigenvalue weighted by atomic mass is 32.1. The maximum atomic E-state index is 8.81. The maximum Gasteiger partial charge on any atom is 0.0954 e. The predicted octanol–water partition coefficient (Wildman–Crippen LogP) is 2.47. The van der Waals surface area contributed by atoms with Crippen LogP contribution in [-0.4, -0.2) is 34.7 Å². The van der Waals surface area contributed by atoms with Gasteiger partial charge in [-0.25, -0.2) is 4.98 Å². The van der Waals surface area contributed by atoms with Crippen LogP contribution < -0.4 is 0 Å². The Balaban J connectivity index is 2.49. The van der Waals surface area contributed by atoms with E-state index in [-0.39, 0.29) is 6.61 Å². The molecule has 0 saturated heterocycles. The number of hydrogen-bond acceptors (Lipinski definition) is 4. The van der Waals surface area contributed by atoms with Crippen molar-refractivity contribution in [2.45, 2.75) is 39.7 Å². The van der Waals surface area contributed by atoms with Gasteiger partial charge in [0.25, 0.3) is 0 Å². The molecule has 0 radical (unpaired) electrons. The first-order valence-corrected chi connectivity index (χ1v) is 6.82. The molecule has 1 heterocycles. The second-order valence-electron chi connectivity index (χ2n) is 4.28. The average molecular weight is 242 g/mol. The first-order valence-electron chi connectivity index (χ1n) is 5.94. The van der Waals surface area contributed by atoms with E-state index in [1.807, 2.05) is 0 Å². The zero-order chi connectivity index (χ0) is 12.0. The second-order valence-corrected chi connectivity index (χ2v) is 5.17. The zero-order valence-electron chi connectivity index (χ0n) is 10.4. The van der Waals surface area contributed by atoms with Crippen LogP contribution in [0, 0.1) is 0 Å². The zero-order valence-corrected chi connectivity index (χ0v) is 11.3. The highest BCUT2D eigenvalue weighted by Crippen LogP contribution is 2.19. The van der Waals surface area contributed by atoms with Crippen molar-refractivity contribution in [1.29, 1.82) is 0 Å². The molecule has 1 aromatic heterocycles. The fourth-order valence-corrected chi connectivity index (χ4v) is 2.36. The predicted molar refractivity (Wildman–Crippen MR) is 68.9 cm³/mol. The van der Waals surface area contributed by atoms with E-state index in [2.05, 4.69) is 36.0 Å². The van der Waals surface area contributed by atoms with Gasteiger partial charge in [-0.2, -0.15) is 0 Å². The molecule has 3 nitrogen and oxygen atoms in total. The number of aromatic nitrogens is 1. The number of nitrogens with zero attached hydrogens (tertiary/aromatic N) is 2. The lowest BCUT2D eigenvalue weighted by molar-refractivity contribution is 0.224. The van der Waals surface area contributed by atoms with E-state index in [4.69, 9.17) is 5.11 Å². The van der Waals surface area contributed by atoms with Gasteiger partial charge in [-0.1, -0.05) is 20.8 Å². The Morgan fingerprint density at radius 2 is 2.25 bits per heavy atom. The van der Waals surface area contributed by atoms with Gasteiger partial charge in [0.05, 0.1) is 10.7 Å². The van der Waals surface area contributed by atoms with Crippen molar-refractivity contribution < 1.29 is 5.11 Å². The molecule has 0 amide bonds. The largest absolute Gasteiger partial charge is 0.396 e. The van der Waals surface area contributed by atoms with Gasteiger partial charge in [-0.3, -0.25) is 4.90 Å². The van der Waals surface area contributed by atoms with E-state index in [0.29, 0.717) is 5.92 Å². The van der Waals surface area contributed by atoms with Crippen molar-refractivity contribution in [3.8, 4) is 0 Å². The molecule has 4 heteroatoms. The minimum Gasteiger partial charge on any atom is -0.396 e. The summed E-state index contributed by atoms with van der Waals surface area (Å²) in [5, 5.41) is 12.2. The second kappa shape index (κ2) is 6.99. The Hall–Kier alpha value is -0.450. The molecular formula is C12H22N2OS. The molecule has 0 aliphatic heterocycles. The molecule has 1 rings (SSSR count). The maximum absolute atomic E-state index is 8.81. The number of aliphatic hydroxyl groups is 1. The van der Waals surface area contributed by atoms with E-state index >= 15 is 0 Å². The Morgan fingerprint density at radius 3 is 2.75 bits per heavy atom. The minimum atomic E-state index is 0.269. The number of hydrogen-bond donors (Lipinski definition) is 1. The molecule has 0 fully saturated rings. The smallest absolute Gasteiger partial charge is 0.0954 e. The normalized spacial score (nSPS) is 11.6. The van der Waals surface area contributed by atoms with E-state index in [0.717, 1.165) is 31.7 Å². The third-order valence-electron chi connectivity index (χ3n) is 2.53. The summed E-state index contributed by atoms with van der Waals surface area (Å²) >= 11 is 1.75. The third kappa shape index (κ3) is 4.20. The Labute approximate surface area is 102 Å². The molecule has 1 N–H and O–H groups in total. The number of aliphatic hydroxyl groups excluding tert-OH is 1. The van der Waals surface area contributed by atoms with Crippen molar-refractivity contribution in [3.05, 3.63) is 16.1 Å². The van der Waals surface area contributed by atoms with Crippen molar-refractivity contribution in [2.75, 3.05) is 19.7 Å². The molecule has 0 bridgehead atoms. The standard InChI is InChI=1S/C12H22N2OS/c1-4-14(6-5-7-15)8-11-9-16-12(13-11)10(2)3/h9-10,15H,4-8H2,1-3H3. The van der Waals surface area contributed by atoms with Crippen molar-refractivity contribution in [1.82, 2.24) is 9.88 Å². The Bertz CT molecular complexity index is 299. The van der Waals surface area contributed by atoms with Crippen LogP contribution in [0.1, 0.15) is 43.8 Å². The van der Waals surface area contributed by atoms with Crippen LogP contribution in [0.3, 0.4) is 0 Å². The lowest BCUT2D eigenvalue weighted by Crippen LogP contribution is -2.24. The first kappa shape index (κ1) is 13.6. The van der Waals surface area contributed by atoms with Gasteiger partial charge in [0.15, 0.2) is 0 Å². The molecule has 0 saturated carbocycles. The van der Waals surface area contributed by atoms with Gasteiger partial charge in [-0.05, 0) is 13.0 Å². The van der Waals surface area contributed by atoms with E-state index in [1.54, 1.807) is 11.3 Å². The summed E-state index contributed by atoms with van der Waals surface area (Å²) in [5.74, 6) is 0.520. The molecule has 16 heavy (non-hydrogen) atoms. The van der Waals surface area contributed by atoms with Crippen LogP contribution in [0.5, 0.6) is 0 Å². The Morgan fingerprint density at radius 1 is 1.50 bits per heavy atom. The number of thiazole rings is 1. The molecule has 0 aliphatic carbocycles. The van der Waals surface area contributed by atoms with Gasteiger partial charge >= 0.3 is 0 Å². The third-order valence-corrected chi connectivity index (χ3v) is 3.72. The highest BCUT2D eigenvalue weighted by molar-refractivity contribution is 7.09. The summed E-state index contributed by atoms with van der Waals surface area (Å²) < 4.78 is 0. The molecule has 1 aromatic rings. The summed E-state index contributed by atoms with van der Waals surface area (Å²) in [7, 11) is 0. The molecule has 0 spiro atoms. The number of rotatable bonds is 7. The first-order chi connectivity index (χ1) is 7.67. The van der Waals surface area contributed by atoms with Crippen molar-refractivity contribution in [2.24, 2.45) is 0 Å². The van der Waals surface area contributed by atoms with Crippen LogP contribution in [-0.2, 0) is 6.54 Å². The van der Waals surface area contributed by atoms with Gasteiger partial charge in [-0.15, -0.1) is 11.3 Å². The summed E-state index contributed by atoms with van der Waals surface area (Å²) in [4.78, 5) is 6.93. The van der Waals surface area contributed by atoms with Gasteiger partial charge < -0.3 is 5.11 Å². The van der Waals surface area contributed by atoms with E-state index in [9.17, 15) is 0 Å².